The van der Waals surface area contributed by atoms with E-state index in [1.54, 1.807) is 13.0 Å². The number of hydrogen-bond donors (Lipinski definition) is 1. The van der Waals surface area contributed by atoms with Gasteiger partial charge in [0.1, 0.15) is 5.75 Å². The summed E-state index contributed by atoms with van der Waals surface area (Å²) >= 11 is 2.12. The number of carbonyl (C=O) groups is 1. The zero-order valence-corrected chi connectivity index (χ0v) is 12.7. The number of esters is 1. The highest BCUT2D eigenvalue weighted by atomic mass is 127. The maximum atomic E-state index is 11.3. The molecule has 0 aliphatic rings. The lowest BCUT2D eigenvalue weighted by Crippen LogP contribution is -2.01. The molecule has 0 aliphatic heterocycles. The monoisotopic (exact) mass is 360 g/mol. The number of phenolic OH excluding ortho intramolecular Hbond substituents is 1. The highest BCUT2D eigenvalue weighted by molar-refractivity contribution is 14.1. The molecule has 0 saturated carbocycles. The first-order chi connectivity index (χ1) is 8.60. The fourth-order valence-electron chi connectivity index (χ4n) is 1.57. The molecule has 0 amide bonds. The molecule has 1 aromatic rings. The van der Waals surface area contributed by atoms with E-state index in [2.05, 4.69) is 22.6 Å². The number of hydrogen-bond acceptors (Lipinski definition) is 3. The number of aryl methyl sites for hydroxylation is 1. The summed E-state index contributed by atoms with van der Waals surface area (Å²) in [5.41, 5.74) is 1.67. The van der Waals surface area contributed by atoms with Gasteiger partial charge in [-0.15, -0.1) is 0 Å². The Labute approximate surface area is 121 Å². The predicted octanol–water partition coefficient (Wildman–Crippen LogP) is 3.68. The number of phenols is 1. The molecular formula is C14H17IO3. The molecule has 0 spiro atoms. The Kier molecular flexibility index (Phi) is 6.18. The Morgan fingerprint density at radius 3 is 2.78 bits per heavy atom. The van der Waals surface area contributed by atoms with E-state index in [0.29, 0.717) is 12.4 Å². The highest BCUT2D eigenvalue weighted by Crippen LogP contribution is 2.33. The second-order valence-corrected chi connectivity index (χ2v) is 4.89. The third-order valence-electron chi connectivity index (χ3n) is 2.51. The van der Waals surface area contributed by atoms with Crippen LogP contribution in [0.5, 0.6) is 5.75 Å². The zero-order chi connectivity index (χ0) is 13.5. The maximum absolute atomic E-state index is 11.3. The van der Waals surface area contributed by atoms with Gasteiger partial charge >= 0.3 is 5.97 Å². The maximum Gasteiger partial charge on any atom is 0.309 e. The average molecular weight is 360 g/mol. The third kappa shape index (κ3) is 4.01. The van der Waals surface area contributed by atoms with Crippen LogP contribution in [0.3, 0.4) is 0 Å². The Morgan fingerprint density at radius 1 is 1.44 bits per heavy atom. The average Bonchev–Trinajstić information content (AvgIpc) is 2.36. The van der Waals surface area contributed by atoms with Crippen molar-refractivity contribution in [3.05, 3.63) is 35.4 Å². The van der Waals surface area contributed by atoms with E-state index in [4.69, 9.17) is 4.74 Å². The molecule has 0 atom stereocenters. The Morgan fingerprint density at radius 2 is 2.17 bits per heavy atom. The summed E-state index contributed by atoms with van der Waals surface area (Å²) in [6, 6.07) is 5.65. The van der Waals surface area contributed by atoms with Crippen LogP contribution in [-0.4, -0.2) is 17.7 Å². The van der Waals surface area contributed by atoms with Gasteiger partial charge < -0.3 is 9.84 Å². The van der Waals surface area contributed by atoms with Crippen LogP contribution in [0.1, 0.15) is 31.4 Å². The van der Waals surface area contributed by atoms with Crippen LogP contribution in [0.4, 0.5) is 0 Å². The number of benzene rings is 1. The lowest BCUT2D eigenvalue weighted by Gasteiger charge is -2.07. The van der Waals surface area contributed by atoms with Gasteiger partial charge in [-0.3, -0.25) is 4.79 Å². The quantitative estimate of drug-likeness (QED) is 0.644. The van der Waals surface area contributed by atoms with E-state index in [-0.39, 0.29) is 12.4 Å². The largest absolute Gasteiger partial charge is 0.507 e. The minimum Gasteiger partial charge on any atom is -0.507 e. The van der Waals surface area contributed by atoms with Gasteiger partial charge in [0.25, 0.3) is 0 Å². The normalized spacial score (nSPS) is 11.4. The molecule has 1 rings (SSSR count). The number of rotatable bonds is 5. The molecule has 0 aliphatic carbocycles. The molecule has 3 nitrogen and oxygen atoms in total. The lowest BCUT2D eigenvalue weighted by molar-refractivity contribution is -0.142. The minimum atomic E-state index is -0.252. The number of ether oxygens (including phenoxy) is 1. The van der Waals surface area contributed by atoms with Crippen LogP contribution in [0.25, 0.3) is 3.58 Å². The summed E-state index contributed by atoms with van der Waals surface area (Å²) in [6.45, 7) is 4.16. The summed E-state index contributed by atoms with van der Waals surface area (Å²) in [5.74, 6) is 0.0438. The van der Waals surface area contributed by atoms with Crippen LogP contribution in [0.15, 0.2) is 24.3 Å². The summed E-state index contributed by atoms with van der Waals surface area (Å²) in [7, 11) is 0. The van der Waals surface area contributed by atoms with Crippen molar-refractivity contribution < 1.29 is 14.6 Å². The van der Waals surface area contributed by atoms with Gasteiger partial charge in [0.2, 0.25) is 0 Å². The van der Waals surface area contributed by atoms with Crippen LogP contribution in [0, 0.1) is 0 Å². The lowest BCUT2D eigenvalue weighted by atomic mass is 10.1. The third-order valence-corrected chi connectivity index (χ3v) is 3.53. The van der Waals surface area contributed by atoms with E-state index >= 15 is 0 Å². The number of aromatic hydroxyl groups is 1. The summed E-state index contributed by atoms with van der Waals surface area (Å²) in [6.07, 6.45) is 2.77. The Hall–Kier alpha value is -1.04. The summed E-state index contributed by atoms with van der Waals surface area (Å²) in [4.78, 5) is 11.3. The van der Waals surface area contributed by atoms with E-state index in [1.165, 1.54) is 0 Å². The molecule has 0 aromatic heterocycles. The summed E-state index contributed by atoms with van der Waals surface area (Å²) < 4.78 is 5.71. The fraction of sp³-hybridized carbons (Fsp3) is 0.357. The number of para-hydroxylation sites is 1. The summed E-state index contributed by atoms with van der Waals surface area (Å²) in [5, 5.41) is 10.1. The standard InChI is InChI=1S/C14H17IO3/c1-3-10-6-5-7-11(14(10)17)12(15)8-9-13(16)18-4-2/h5-8,17H,3-4,9H2,1-2H3/b12-8-. The van der Waals surface area contributed by atoms with Crippen molar-refractivity contribution in [2.75, 3.05) is 6.61 Å². The van der Waals surface area contributed by atoms with Gasteiger partial charge in [-0.1, -0.05) is 31.2 Å². The highest BCUT2D eigenvalue weighted by Gasteiger charge is 2.08. The molecule has 1 aromatic carbocycles. The molecule has 98 valence electrons. The predicted molar refractivity (Wildman–Crippen MR) is 80.7 cm³/mol. The first-order valence-corrected chi connectivity index (χ1v) is 7.00. The minimum absolute atomic E-state index is 0.224. The first-order valence-electron chi connectivity index (χ1n) is 5.92. The molecule has 0 fully saturated rings. The molecule has 1 N–H and O–H groups in total. The molecule has 0 bridgehead atoms. The Balaban J connectivity index is 2.86. The van der Waals surface area contributed by atoms with Crippen molar-refractivity contribution in [3.63, 3.8) is 0 Å². The molecule has 0 heterocycles. The van der Waals surface area contributed by atoms with Gasteiger partial charge in [0.05, 0.1) is 13.0 Å². The van der Waals surface area contributed by atoms with E-state index in [1.807, 2.05) is 25.1 Å². The van der Waals surface area contributed by atoms with Crippen molar-refractivity contribution >= 4 is 32.1 Å². The number of halogens is 1. The number of carbonyl (C=O) groups excluding carboxylic acids is 1. The van der Waals surface area contributed by atoms with E-state index < -0.39 is 0 Å². The van der Waals surface area contributed by atoms with Gasteiger partial charge in [-0.05, 0) is 41.5 Å². The van der Waals surface area contributed by atoms with Crippen molar-refractivity contribution in [2.45, 2.75) is 26.7 Å². The fourth-order valence-corrected chi connectivity index (χ4v) is 2.23. The topological polar surface area (TPSA) is 46.5 Å². The van der Waals surface area contributed by atoms with Crippen LogP contribution < -0.4 is 0 Å². The van der Waals surface area contributed by atoms with Crippen molar-refractivity contribution in [1.29, 1.82) is 0 Å². The Bertz CT molecular complexity index is 452. The van der Waals surface area contributed by atoms with Crippen molar-refractivity contribution in [3.8, 4) is 5.75 Å². The van der Waals surface area contributed by atoms with Crippen molar-refractivity contribution in [2.24, 2.45) is 0 Å². The van der Waals surface area contributed by atoms with Gasteiger partial charge in [0, 0.05) is 9.14 Å². The van der Waals surface area contributed by atoms with Crippen LogP contribution >= 0.6 is 22.6 Å². The molecule has 4 heteroatoms. The molecule has 18 heavy (non-hydrogen) atoms. The van der Waals surface area contributed by atoms with Gasteiger partial charge in [-0.2, -0.15) is 0 Å². The second kappa shape index (κ2) is 7.41. The first kappa shape index (κ1) is 15.0. The van der Waals surface area contributed by atoms with Crippen molar-refractivity contribution in [1.82, 2.24) is 0 Å². The van der Waals surface area contributed by atoms with Crippen LogP contribution in [-0.2, 0) is 16.0 Å². The molecular weight excluding hydrogens is 343 g/mol. The molecule has 0 unspecified atom stereocenters. The second-order valence-electron chi connectivity index (χ2n) is 3.73. The SMILES string of the molecule is CCOC(=O)C/C=C(\I)c1cccc(CC)c1O. The smallest absolute Gasteiger partial charge is 0.309 e. The van der Waals surface area contributed by atoms with E-state index in [0.717, 1.165) is 21.1 Å². The molecule has 0 radical (unpaired) electrons. The van der Waals surface area contributed by atoms with Crippen LogP contribution in [0.2, 0.25) is 0 Å². The van der Waals surface area contributed by atoms with E-state index in [9.17, 15) is 9.90 Å². The molecule has 0 saturated heterocycles. The zero-order valence-electron chi connectivity index (χ0n) is 10.6. The van der Waals surface area contributed by atoms with Gasteiger partial charge in [0.15, 0.2) is 0 Å². The van der Waals surface area contributed by atoms with Gasteiger partial charge in [-0.25, -0.2) is 0 Å².